The van der Waals surface area contributed by atoms with Crippen LogP contribution in [0, 0.1) is 5.92 Å². The average molecular weight is 417 g/mol. The van der Waals surface area contributed by atoms with Crippen LogP contribution in [0.15, 0.2) is 54.0 Å². The van der Waals surface area contributed by atoms with Gasteiger partial charge in [0.05, 0.1) is 16.1 Å². The van der Waals surface area contributed by atoms with Gasteiger partial charge in [0.2, 0.25) is 0 Å². The number of nitrogens with one attached hydrogen (secondary N) is 1. The van der Waals surface area contributed by atoms with E-state index in [1.165, 1.54) is 0 Å². The highest BCUT2D eigenvalue weighted by Crippen LogP contribution is 2.29. The predicted octanol–water partition coefficient (Wildman–Crippen LogP) is 4.09. The fourth-order valence-electron chi connectivity index (χ4n) is 3.64. The van der Waals surface area contributed by atoms with Crippen molar-refractivity contribution in [3.63, 3.8) is 0 Å². The van der Waals surface area contributed by atoms with Crippen molar-refractivity contribution in [2.45, 2.75) is 12.8 Å². The fraction of sp³-hybridized carbons (Fsp3) is 0.333. The zero-order chi connectivity index (χ0) is 18.6. The van der Waals surface area contributed by atoms with Crippen LogP contribution in [-0.2, 0) is 0 Å². The molecule has 3 heterocycles. The maximum absolute atomic E-state index is 13.3. The van der Waals surface area contributed by atoms with Gasteiger partial charge in [0.15, 0.2) is 0 Å². The molecule has 0 atom stereocenters. The van der Waals surface area contributed by atoms with E-state index in [2.05, 4.69) is 5.32 Å². The van der Waals surface area contributed by atoms with E-state index < -0.39 is 0 Å². The number of likely N-dealkylation sites (tertiary alicyclic amines) is 1. The van der Waals surface area contributed by atoms with E-state index in [1.807, 2.05) is 70.7 Å². The quantitative estimate of drug-likeness (QED) is 0.681. The van der Waals surface area contributed by atoms with Gasteiger partial charge in [-0.3, -0.25) is 4.79 Å². The molecule has 0 bridgehead atoms. The van der Waals surface area contributed by atoms with Gasteiger partial charge in [0.1, 0.15) is 5.69 Å². The first-order valence-electron chi connectivity index (χ1n) is 9.39. The molecule has 1 saturated heterocycles. The average Bonchev–Trinajstić information content (AvgIpc) is 3.39. The number of nitrogens with zero attached hydrogens (tertiary/aromatic N) is 3. The lowest BCUT2D eigenvalue weighted by atomic mass is 9.96. The number of carbonyl (C=O) groups excluding carboxylic acids is 1. The molecule has 0 radical (unpaired) electrons. The third kappa shape index (κ3) is 4.29. The van der Waals surface area contributed by atoms with Crippen molar-refractivity contribution < 1.29 is 4.79 Å². The Morgan fingerprint density at radius 3 is 2.57 bits per heavy atom. The maximum Gasteiger partial charge on any atom is 0.257 e. The summed E-state index contributed by atoms with van der Waals surface area (Å²) >= 11 is 1.61. The predicted molar refractivity (Wildman–Crippen MR) is 117 cm³/mol. The Balaban J connectivity index is 0.00000225. The number of hydrogen-bond donors (Lipinski definition) is 1. The highest BCUT2D eigenvalue weighted by Gasteiger charge is 2.27. The van der Waals surface area contributed by atoms with Crippen molar-refractivity contribution in [1.29, 1.82) is 0 Å². The molecule has 1 aliphatic rings. The SMILES string of the molecule is CNCC1CCN(C(=O)c2cn(-c3ccccc3)nc2-c2cccs2)CC1.Cl. The molecule has 0 unspecified atom stereocenters. The minimum Gasteiger partial charge on any atom is -0.339 e. The molecule has 1 N–H and O–H groups in total. The summed E-state index contributed by atoms with van der Waals surface area (Å²) in [6, 6.07) is 14.0. The normalized spacial score (nSPS) is 14.7. The lowest BCUT2D eigenvalue weighted by molar-refractivity contribution is 0.0691. The Labute approximate surface area is 175 Å². The van der Waals surface area contributed by atoms with Gasteiger partial charge in [0, 0.05) is 19.3 Å². The second-order valence-electron chi connectivity index (χ2n) is 6.94. The largest absolute Gasteiger partial charge is 0.339 e. The molecule has 1 amide bonds. The molecule has 28 heavy (non-hydrogen) atoms. The van der Waals surface area contributed by atoms with Gasteiger partial charge in [0.25, 0.3) is 5.91 Å². The third-order valence-corrected chi connectivity index (χ3v) is 5.99. The van der Waals surface area contributed by atoms with Crippen molar-refractivity contribution in [3.05, 3.63) is 59.6 Å². The van der Waals surface area contributed by atoms with E-state index in [0.29, 0.717) is 11.5 Å². The molecule has 148 valence electrons. The number of amides is 1. The van der Waals surface area contributed by atoms with Crippen molar-refractivity contribution in [2.75, 3.05) is 26.7 Å². The van der Waals surface area contributed by atoms with Crippen LogP contribution < -0.4 is 5.32 Å². The molecule has 1 aliphatic heterocycles. The van der Waals surface area contributed by atoms with Gasteiger partial charge >= 0.3 is 0 Å². The molecular weight excluding hydrogens is 392 g/mol. The number of benzene rings is 1. The van der Waals surface area contributed by atoms with Crippen LogP contribution in [0.4, 0.5) is 0 Å². The van der Waals surface area contributed by atoms with Gasteiger partial charge in [-0.05, 0) is 55.9 Å². The summed E-state index contributed by atoms with van der Waals surface area (Å²) in [6.45, 7) is 2.64. The summed E-state index contributed by atoms with van der Waals surface area (Å²) in [7, 11) is 1.99. The number of halogens is 1. The minimum atomic E-state index is 0. The van der Waals surface area contributed by atoms with Gasteiger partial charge < -0.3 is 10.2 Å². The maximum atomic E-state index is 13.3. The van der Waals surface area contributed by atoms with E-state index >= 15 is 0 Å². The van der Waals surface area contributed by atoms with Crippen molar-refractivity contribution in [2.24, 2.45) is 5.92 Å². The molecule has 2 aromatic heterocycles. The molecule has 1 fully saturated rings. The first-order chi connectivity index (χ1) is 13.3. The zero-order valence-corrected chi connectivity index (χ0v) is 17.5. The zero-order valence-electron chi connectivity index (χ0n) is 15.9. The summed E-state index contributed by atoms with van der Waals surface area (Å²) in [5, 5.41) is 10.0. The van der Waals surface area contributed by atoms with Crippen LogP contribution in [-0.4, -0.2) is 47.3 Å². The molecule has 0 saturated carbocycles. The Bertz CT molecular complexity index is 887. The standard InChI is InChI=1S/C21H24N4OS.ClH/c1-22-14-16-9-11-24(12-10-16)21(26)18-15-25(17-6-3-2-4-7-17)23-20(18)19-8-5-13-27-19;/h2-8,13,15-16,22H,9-12,14H2,1H3;1H. The van der Waals surface area contributed by atoms with Gasteiger partial charge in [-0.25, -0.2) is 4.68 Å². The Kier molecular flexibility index (Phi) is 6.88. The Morgan fingerprint density at radius 1 is 1.18 bits per heavy atom. The van der Waals surface area contributed by atoms with E-state index in [1.54, 1.807) is 11.3 Å². The van der Waals surface area contributed by atoms with Gasteiger partial charge in [-0.1, -0.05) is 24.3 Å². The molecule has 5 nitrogen and oxygen atoms in total. The molecule has 7 heteroatoms. The van der Waals surface area contributed by atoms with E-state index in [9.17, 15) is 4.79 Å². The summed E-state index contributed by atoms with van der Waals surface area (Å²) in [4.78, 5) is 16.3. The topological polar surface area (TPSA) is 50.2 Å². The molecule has 0 aliphatic carbocycles. The van der Waals surface area contributed by atoms with E-state index in [4.69, 9.17) is 5.10 Å². The van der Waals surface area contributed by atoms with Crippen LogP contribution >= 0.6 is 23.7 Å². The second-order valence-corrected chi connectivity index (χ2v) is 7.89. The molecular formula is C21H25ClN4OS. The smallest absolute Gasteiger partial charge is 0.257 e. The summed E-state index contributed by atoms with van der Waals surface area (Å²) in [6.07, 6.45) is 3.98. The first-order valence-corrected chi connectivity index (χ1v) is 10.3. The van der Waals surface area contributed by atoms with Crippen LogP contribution in [0.5, 0.6) is 0 Å². The molecule has 3 aromatic rings. The third-order valence-electron chi connectivity index (χ3n) is 5.11. The van der Waals surface area contributed by atoms with E-state index in [0.717, 1.165) is 48.7 Å². The highest BCUT2D eigenvalue weighted by molar-refractivity contribution is 7.13. The lowest BCUT2D eigenvalue weighted by Crippen LogP contribution is -2.40. The first kappa shape index (κ1) is 20.6. The Hall–Kier alpha value is -2.15. The van der Waals surface area contributed by atoms with Crippen LogP contribution in [0.2, 0.25) is 0 Å². The summed E-state index contributed by atoms with van der Waals surface area (Å²) < 4.78 is 1.82. The number of thiophene rings is 1. The number of carbonyl (C=O) groups is 1. The Morgan fingerprint density at radius 2 is 1.93 bits per heavy atom. The van der Waals surface area contributed by atoms with Crippen molar-refractivity contribution in [1.82, 2.24) is 20.0 Å². The minimum absolute atomic E-state index is 0. The summed E-state index contributed by atoms with van der Waals surface area (Å²) in [5.41, 5.74) is 2.42. The number of piperidine rings is 1. The van der Waals surface area contributed by atoms with Crippen molar-refractivity contribution in [3.8, 4) is 16.3 Å². The fourth-order valence-corrected chi connectivity index (χ4v) is 4.36. The van der Waals surface area contributed by atoms with Crippen LogP contribution in [0.3, 0.4) is 0 Å². The van der Waals surface area contributed by atoms with E-state index in [-0.39, 0.29) is 18.3 Å². The lowest BCUT2D eigenvalue weighted by Gasteiger charge is -2.31. The summed E-state index contributed by atoms with van der Waals surface area (Å²) in [5.74, 6) is 0.742. The number of para-hydroxylation sites is 1. The molecule has 1 aromatic carbocycles. The number of hydrogen-bond acceptors (Lipinski definition) is 4. The highest BCUT2D eigenvalue weighted by atomic mass is 35.5. The van der Waals surface area contributed by atoms with Crippen molar-refractivity contribution >= 4 is 29.7 Å². The molecule has 0 spiro atoms. The van der Waals surface area contributed by atoms with Crippen LogP contribution in [0.1, 0.15) is 23.2 Å². The number of rotatable bonds is 5. The number of aromatic nitrogens is 2. The second kappa shape index (κ2) is 9.37. The monoisotopic (exact) mass is 416 g/mol. The van der Waals surface area contributed by atoms with Crippen LogP contribution in [0.25, 0.3) is 16.3 Å². The van der Waals surface area contributed by atoms with Gasteiger partial charge in [-0.2, -0.15) is 5.10 Å². The van der Waals surface area contributed by atoms with Gasteiger partial charge in [-0.15, -0.1) is 23.7 Å². The molecule has 4 rings (SSSR count).